The molecule has 2 aromatic carbocycles. The molecule has 0 aliphatic carbocycles. The predicted molar refractivity (Wildman–Crippen MR) is 86.3 cm³/mol. The van der Waals surface area contributed by atoms with Gasteiger partial charge in [0.1, 0.15) is 5.75 Å². The lowest BCUT2D eigenvalue weighted by Gasteiger charge is -2.03. The number of thioether (sulfide) groups is 1. The molecule has 0 bridgehead atoms. The lowest BCUT2D eigenvalue weighted by molar-refractivity contribution is 0.0955. The number of benzene rings is 2. The second-order valence-corrected chi connectivity index (χ2v) is 5.08. The van der Waals surface area contributed by atoms with Crippen molar-refractivity contribution >= 4 is 23.9 Å². The summed E-state index contributed by atoms with van der Waals surface area (Å²) in [6, 6.07) is 14.8. The van der Waals surface area contributed by atoms with Crippen molar-refractivity contribution in [2.75, 3.05) is 13.4 Å². The molecule has 108 valence electrons. The molecule has 2 rings (SSSR count). The molecular weight excluding hydrogens is 284 g/mol. The number of nitrogens with one attached hydrogen (secondary N) is 1. The Kier molecular flexibility index (Phi) is 5.40. The van der Waals surface area contributed by atoms with E-state index in [1.807, 2.05) is 30.5 Å². The van der Waals surface area contributed by atoms with Gasteiger partial charge in [0.05, 0.1) is 13.3 Å². The van der Waals surface area contributed by atoms with Gasteiger partial charge in [-0.15, -0.1) is 11.8 Å². The Labute approximate surface area is 128 Å². The van der Waals surface area contributed by atoms with Gasteiger partial charge in [0.15, 0.2) is 0 Å². The Hall–Kier alpha value is -2.27. The topological polar surface area (TPSA) is 50.7 Å². The van der Waals surface area contributed by atoms with Crippen LogP contribution in [0.1, 0.15) is 15.9 Å². The van der Waals surface area contributed by atoms with E-state index in [0.717, 1.165) is 5.56 Å². The number of ether oxygens (including phenoxy) is 1. The number of carbonyl (C=O) groups is 1. The summed E-state index contributed by atoms with van der Waals surface area (Å²) in [6.45, 7) is 0. The minimum Gasteiger partial charge on any atom is -0.497 e. The van der Waals surface area contributed by atoms with Gasteiger partial charge in [-0.2, -0.15) is 5.10 Å². The van der Waals surface area contributed by atoms with E-state index < -0.39 is 0 Å². The predicted octanol–water partition coefficient (Wildman–Crippen LogP) is 3.18. The zero-order chi connectivity index (χ0) is 15.1. The van der Waals surface area contributed by atoms with Crippen LogP contribution in [0.5, 0.6) is 5.75 Å². The van der Waals surface area contributed by atoms with Gasteiger partial charge in [-0.1, -0.05) is 18.2 Å². The van der Waals surface area contributed by atoms with Gasteiger partial charge < -0.3 is 4.74 Å². The van der Waals surface area contributed by atoms with E-state index in [1.165, 1.54) is 4.90 Å². The smallest absolute Gasteiger partial charge is 0.271 e. The van der Waals surface area contributed by atoms with Crippen molar-refractivity contribution in [3.63, 3.8) is 0 Å². The van der Waals surface area contributed by atoms with Crippen LogP contribution in [0, 0.1) is 0 Å². The minimum atomic E-state index is -0.272. The maximum atomic E-state index is 11.9. The molecule has 0 aliphatic rings. The average Bonchev–Trinajstić information content (AvgIpc) is 2.55. The summed E-state index contributed by atoms with van der Waals surface area (Å²) in [6.07, 6.45) is 3.64. The molecular formula is C16H16N2O2S. The first kappa shape index (κ1) is 15.1. The highest BCUT2D eigenvalue weighted by Crippen LogP contribution is 2.14. The van der Waals surface area contributed by atoms with Crippen molar-refractivity contribution in [3.05, 3.63) is 59.7 Å². The lowest BCUT2D eigenvalue weighted by Crippen LogP contribution is -2.17. The van der Waals surface area contributed by atoms with Crippen LogP contribution in [0.2, 0.25) is 0 Å². The fourth-order valence-electron chi connectivity index (χ4n) is 1.68. The van der Waals surface area contributed by atoms with Gasteiger partial charge >= 0.3 is 0 Å². The van der Waals surface area contributed by atoms with E-state index in [1.54, 1.807) is 49.4 Å². The SMILES string of the molecule is COc1cccc(C(=O)N/N=C\c2ccc(SC)cc2)c1. The third-order valence-corrected chi connectivity index (χ3v) is 3.57. The molecule has 0 atom stereocenters. The number of hydrogen-bond acceptors (Lipinski definition) is 4. The van der Waals surface area contributed by atoms with Gasteiger partial charge in [-0.25, -0.2) is 5.43 Å². The van der Waals surface area contributed by atoms with Crippen LogP contribution in [-0.2, 0) is 0 Å². The largest absolute Gasteiger partial charge is 0.497 e. The summed E-state index contributed by atoms with van der Waals surface area (Å²) in [4.78, 5) is 13.1. The Balaban J connectivity index is 1.97. The number of nitrogens with zero attached hydrogens (tertiary/aromatic N) is 1. The summed E-state index contributed by atoms with van der Waals surface area (Å²) in [5.41, 5.74) is 3.93. The van der Waals surface area contributed by atoms with Crippen molar-refractivity contribution in [2.45, 2.75) is 4.90 Å². The molecule has 21 heavy (non-hydrogen) atoms. The standard InChI is InChI=1S/C16H16N2O2S/c1-20-14-5-3-4-13(10-14)16(19)18-17-11-12-6-8-15(21-2)9-7-12/h3-11H,1-2H3,(H,18,19)/b17-11-. The Morgan fingerprint density at radius 2 is 2.00 bits per heavy atom. The highest BCUT2D eigenvalue weighted by atomic mass is 32.2. The van der Waals surface area contributed by atoms with Crippen LogP contribution in [0.15, 0.2) is 58.5 Å². The van der Waals surface area contributed by atoms with Crippen LogP contribution in [0.4, 0.5) is 0 Å². The maximum absolute atomic E-state index is 11.9. The number of hydrogen-bond donors (Lipinski definition) is 1. The molecule has 0 radical (unpaired) electrons. The molecule has 0 unspecified atom stereocenters. The van der Waals surface area contributed by atoms with Crippen LogP contribution in [0.25, 0.3) is 0 Å². The number of rotatable bonds is 5. The van der Waals surface area contributed by atoms with Crippen molar-refractivity contribution < 1.29 is 9.53 Å². The number of carbonyl (C=O) groups excluding carboxylic acids is 1. The summed E-state index contributed by atoms with van der Waals surface area (Å²) >= 11 is 1.68. The number of amides is 1. The molecule has 2 aromatic rings. The first-order valence-electron chi connectivity index (χ1n) is 6.34. The lowest BCUT2D eigenvalue weighted by atomic mass is 10.2. The van der Waals surface area contributed by atoms with Crippen LogP contribution >= 0.6 is 11.8 Å². The molecule has 0 aliphatic heterocycles. The van der Waals surface area contributed by atoms with Crippen LogP contribution in [0.3, 0.4) is 0 Å². The van der Waals surface area contributed by atoms with E-state index >= 15 is 0 Å². The van der Waals surface area contributed by atoms with Crippen molar-refractivity contribution in [2.24, 2.45) is 5.10 Å². The van der Waals surface area contributed by atoms with Crippen molar-refractivity contribution in [3.8, 4) is 5.75 Å². The molecule has 0 fully saturated rings. The summed E-state index contributed by atoms with van der Waals surface area (Å²) < 4.78 is 5.08. The molecule has 0 heterocycles. The van der Waals surface area contributed by atoms with E-state index in [4.69, 9.17) is 4.74 Å². The quantitative estimate of drug-likeness (QED) is 0.524. The molecule has 0 saturated carbocycles. The second kappa shape index (κ2) is 7.50. The van der Waals surface area contributed by atoms with Gasteiger partial charge in [0.25, 0.3) is 5.91 Å². The first-order chi connectivity index (χ1) is 10.2. The fourth-order valence-corrected chi connectivity index (χ4v) is 2.09. The Morgan fingerprint density at radius 3 is 2.67 bits per heavy atom. The monoisotopic (exact) mass is 300 g/mol. The Bertz CT molecular complexity index is 639. The first-order valence-corrected chi connectivity index (χ1v) is 7.57. The van der Waals surface area contributed by atoms with E-state index in [9.17, 15) is 4.79 Å². The third-order valence-electron chi connectivity index (χ3n) is 2.83. The van der Waals surface area contributed by atoms with Crippen molar-refractivity contribution in [1.29, 1.82) is 0 Å². The molecule has 5 heteroatoms. The van der Waals surface area contributed by atoms with Crippen LogP contribution in [-0.4, -0.2) is 25.5 Å². The normalized spacial score (nSPS) is 10.6. The highest BCUT2D eigenvalue weighted by molar-refractivity contribution is 7.98. The molecule has 1 amide bonds. The minimum absolute atomic E-state index is 0.272. The fraction of sp³-hybridized carbons (Fsp3) is 0.125. The summed E-state index contributed by atoms with van der Waals surface area (Å²) in [7, 11) is 1.56. The molecule has 4 nitrogen and oxygen atoms in total. The van der Waals surface area contributed by atoms with Gasteiger partial charge in [0, 0.05) is 10.5 Å². The molecule has 0 spiro atoms. The summed E-state index contributed by atoms with van der Waals surface area (Å²) in [5.74, 6) is 0.366. The van der Waals surface area contributed by atoms with E-state index in [-0.39, 0.29) is 5.91 Å². The van der Waals surface area contributed by atoms with Gasteiger partial charge in [-0.3, -0.25) is 4.79 Å². The molecule has 1 N–H and O–H groups in total. The highest BCUT2D eigenvalue weighted by Gasteiger charge is 2.04. The molecule has 0 aromatic heterocycles. The maximum Gasteiger partial charge on any atom is 0.271 e. The Morgan fingerprint density at radius 1 is 1.24 bits per heavy atom. The van der Waals surface area contributed by atoms with E-state index in [0.29, 0.717) is 11.3 Å². The second-order valence-electron chi connectivity index (χ2n) is 4.20. The zero-order valence-corrected chi connectivity index (χ0v) is 12.7. The number of hydrazone groups is 1. The van der Waals surface area contributed by atoms with Gasteiger partial charge in [0.2, 0.25) is 0 Å². The zero-order valence-electron chi connectivity index (χ0n) is 11.9. The average molecular weight is 300 g/mol. The molecule has 0 saturated heterocycles. The third kappa shape index (κ3) is 4.36. The summed E-state index contributed by atoms with van der Waals surface area (Å²) in [5, 5.41) is 3.96. The van der Waals surface area contributed by atoms with Gasteiger partial charge in [-0.05, 0) is 42.2 Å². The van der Waals surface area contributed by atoms with Crippen molar-refractivity contribution in [1.82, 2.24) is 5.43 Å². The van der Waals surface area contributed by atoms with E-state index in [2.05, 4.69) is 10.5 Å². The van der Waals surface area contributed by atoms with Crippen LogP contribution < -0.4 is 10.2 Å². The number of methoxy groups -OCH3 is 1.